The third kappa shape index (κ3) is 4.03. The van der Waals surface area contributed by atoms with Crippen LogP contribution in [-0.4, -0.2) is 29.4 Å². The minimum Gasteiger partial charge on any atom is -0.454 e. The van der Waals surface area contributed by atoms with Crippen LogP contribution < -0.4 is 9.47 Å². The Balaban J connectivity index is 1.63. The molecular weight excluding hydrogens is 392 g/mol. The molecule has 1 atom stereocenters. The number of carbonyl (C=O) groups is 2. The highest BCUT2D eigenvalue weighted by molar-refractivity contribution is 8.25. The van der Waals surface area contributed by atoms with Crippen LogP contribution in [0.5, 0.6) is 11.5 Å². The fourth-order valence-electron chi connectivity index (χ4n) is 2.89. The molecule has 4 nitrogen and oxygen atoms in total. The van der Waals surface area contributed by atoms with E-state index in [4.69, 9.17) is 9.47 Å². The van der Waals surface area contributed by atoms with Gasteiger partial charge in [-0.05, 0) is 23.8 Å². The lowest BCUT2D eigenvalue weighted by molar-refractivity contribution is -0.111. The van der Waals surface area contributed by atoms with Crippen molar-refractivity contribution in [2.24, 2.45) is 0 Å². The first-order chi connectivity index (χ1) is 13.6. The van der Waals surface area contributed by atoms with Crippen LogP contribution in [0.25, 0.3) is 6.08 Å². The van der Waals surface area contributed by atoms with Gasteiger partial charge in [0.2, 0.25) is 6.79 Å². The fourth-order valence-corrected chi connectivity index (χ4v) is 5.73. The van der Waals surface area contributed by atoms with Gasteiger partial charge in [-0.15, -0.1) is 23.5 Å². The van der Waals surface area contributed by atoms with Crippen molar-refractivity contribution in [2.45, 2.75) is 12.2 Å². The Bertz CT molecular complexity index is 979. The van der Waals surface area contributed by atoms with E-state index < -0.39 is 0 Å². The van der Waals surface area contributed by atoms with Crippen molar-refractivity contribution in [3.8, 4) is 11.5 Å². The Kier molecular flexibility index (Phi) is 5.59. The minimum atomic E-state index is -0.282. The number of hydrogen-bond acceptors (Lipinski definition) is 6. The monoisotopic (exact) mass is 410 g/mol. The van der Waals surface area contributed by atoms with Gasteiger partial charge in [0, 0.05) is 16.6 Å². The predicted octanol–water partition coefficient (Wildman–Crippen LogP) is 4.96. The minimum absolute atomic E-state index is 0.204. The molecule has 1 saturated heterocycles. The fraction of sp³-hybridized carbons (Fsp3) is 0.182. The topological polar surface area (TPSA) is 52.6 Å². The highest BCUT2D eigenvalue weighted by Gasteiger charge is 2.28. The summed E-state index contributed by atoms with van der Waals surface area (Å²) in [4.78, 5) is 26.1. The molecule has 0 spiro atoms. The Morgan fingerprint density at radius 3 is 2.61 bits per heavy atom. The summed E-state index contributed by atoms with van der Waals surface area (Å²) in [6.07, 6.45) is 3.17. The average molecular weight is 411 g/mol. The van der Waals surface area contributed by atoms with E-state index in [1.54, 1.807) is 53.9 Å². The number of thioether (sulfide) groups is 2. The molecule has 2 aliphatic heterocycles. The van der Waals surface area contributed by atoms with Gasteiger partial charge in [-0.2, -0.15) is 0 Å². The Labute approximate surface area is 172 Å². The number of Topliss-reactive ketones (excluding diaryl/α,β-unsaturated/α-hetero) is 1. The molecule has 1 fully saturated rings. The maximum Gasteiger partial charge on any atom is 0.231 e. The third-order valence-corrected chi connectivity index (χ3v) is 7.27. The van der Waals surface area contributed by atoms with E-state index in [1.807, 2.05) is 24.3 Å². The van der Waals surface area contributed by atoms with Crippen LogP contribution in [0.3, 0.4) is 0 Å². The first-order valence-electron chi connectivity index (χ1n) is 8.87. The first kappa shape index (κ1) is 18.9. The lowest BCUT2D eigenvalue weighted by Crippen LogP contribution is -2.12. The molecule has 4 rings (SSSR count). The summed E-state index contributed by atoms with van der Waals surface area (Å²) in [5.41, 5.74) is 1.59. The summed E-state index contributed by atoms with van der Waals surface area (Å²) in [7, 11) is 0. The van der Waals surface area contributed by atoms with Gasteiger partial charge < -0.3 is 9.47 Å². The van der Waals surface area contributed by atoms with Gasteiger partial charge >= 0.3 is 0 Å². The molecular formula is C22H18O4S2. The molecule has 0 amide bonds. The van der Waals surface area contributed by atoms with Gasteiger partial charge in [-0.3, -0.25) is 9.59 Å². The van der Waals surface area contributed by atoms with E-state index in [2.05, 4.69) is 6.92 Å². The van der Waals surface area contributed by atoms with Crippen LogP contribution >= 0.6 is 23.5 Å². The van der Waals surface area contributed by atoms with Crippen LogP contribution in [-0.2, 0) is 4.79 Å². The number of rotatable bonds is 5. The van der Waals surface area contributed by atoms with Gasteiger partial charge in [0.1, 0.15) is 0 Å². The Morgan fingerprint density at radius 2 is 1.86 bits per heavy atom. The molecule has 0 aromatic heterocycles. The van der Waals surface area contributed by atoms with Crippen molar-refractivity contribution in [2.75, 3.05) is 12.5 Å². The maximum atomic E-state index is 13.1. The summed E-state index contributed by atoms with van der Waals surface area (Å²) in [6, 6.07) is 14.4. The molecule has 2 aromatic carbocycles. The standard InChI is InChI=1S/C22H18O4S2/c1-14-12-27-22(28-14)20(21(24)16-5-3-2-4-6-16)17(23)9-7-15-8-10-18-19(11-15)26-13-25-18/h2-11,14H,12-13H2,1H3/b9-7+,22-20-/t14-/m1/s1. The molecule has 2 aliphatic rings. The van der Waals surface area contributed by atoms with Gasteiger partial charge in [-0.1, -0.05) is 49.4 Å². The third-order valence-electron chi connectivity index (χ3n) is 4.29. The van der Waals surface area contributed by atoms with E-state index in [1.165, 1.54) is 6.08 Å². The van der Waals surface area contributed by atoms with Gasteiger partial charge in [0.15, 0.2) is 23.1 Å². The zero-order valence-corrected chi connectivity index (χ0v) is 16.8. The van der Waals surface area contributed by atoms with E-state index in [9.17, 15) is 9.59 Å². The zero-order valence-electron chi connectivity index (χ0n) is 15.2. The Hall–Kier alpha value is -2.44. The van der Waals surface area contributed by atoms with Crippen LogP contribution in [0.1, 0.15) is 22.8 Å². The second-order valence-corrected chi connectivity index (χ2v) is 9.14. The summed E-state index contributed by atoms with van der Waals surface area (Å²) < 4.78 is 11.5. The molecule has 28 heavy (non-hydrogen) atoms. The van der Waals surface area contributed by atoms with E-state index in [0.717, 1.165) is 15.6 Å². The quantitative estimate of drug-likeness (QED) is 0.301. The highest BCUT2D eigenvalue weighted by atomic mass is 32.2. The number of carbonyl (C=O) groups excluding carboxylic acids is 2. The van der Waals surface area contributed by atoms with Crippen molar-refractivity contribution in [1.82, 2.24) is 0 Å². The number of ketones is 2. The summed E-state index contributed by atoms with van der Waals surface area (Å²) in [5, 5.41) is 0.379. The number of benzene rings is 2. The van der Waals surface area contributed by atoms with Crippen molar-refractivity contribution in [3.05, 3.63) is 75.5 Å². The SMILES string of the molecule is C[C@@H]1CS/C(=C(\C(=O)/C=C/c2ccc3c(c2)OCO3)C(=O)c2ccccc2)S1. The molecule has 0 bridgehead atoms. The van der Waals surface area contributed by atoms with Crippen molar-refractivity contribution in [3.63, 3.8) is 0 Å². The van der Waals surface area contributed by atoms with Crippen molar-refractivity contribution < 1.29 is 19.1 Å². The lowest BCUT2D eigenvalue weighted by Gasteiger charge is -2.07. The normalized spacial score (nSPS) is 19.8. The summed E-state index contributed by atoms with van der Waals surface area (Å²) in [6.45, 7) is 2.30. The van der Waals surface area contributed by atoms with Gasteiger partial charge in [0.25, 0.3) is 0 Å². The molecule has 0 saturated carbocycles. The molecule has 2 aromatic rings. The van der Waals surface area contributed by atoms with Crippen LogP contribution in [0.4, 0.5) is 0 Å². The number of hydrogen-bond donors (Lipinski definition) is 0. The predicted molar refractivity (Wildman–Crippen MR) is 114 cm³/mol. The number of allylic oxidation sites excluding steroid dienone is 2. The van der Waals surface area contributed by atoms with E-state index in [0.29, 0.717) is 22.3 Å². The molecule has 2 heterocycles. The molecule has 0 radical (unpaired) electrons. The average Bonchev–Trinajstić information content (AvgIpc) is 3.35. The summed E-state index contributed by atoms with van der Waals surface area (Å²) >= 11 is 3.17. The first-order valence-corrected chi connectivity index (χ1v) is 10.7. The van der Waals surface area contributed by atoms with Crippen molar-refractivity contribution >= 4 is 41.2 Å². The molecule has 6 heteroatoms. The second kappa shape index (κ2) is 8.29. The van der Waals surface area contributed by atoms with Crippen LogP contribution in [0, 0.1) is 0 Å². The number of ether oxygens (including phenoxy) is 2. The Morgan fingerprint density at radius 1 is 1.07 bits per heavy atom. The molecule has 0 N–H and O–H groups in total. The lowest BCUT2D eigenvalue weighted by atomic mass is 10.0. The summed E-state index contributed by atoms with van der Waals surface area (Å²) in [5.74, 6) is 1.73. The van der Waals surface area contributed by atoms with E-state index in [-0.39, 0.29) is 23.9 Å². The van der Waals surface area contributed by atoms with Crippen LogP contribution in [0.2, 0.25) is 0 Å². The van der Waals surface area contributed by atoms with Gasteiger partial charge in [-0.25, -0.2) is 0 Å². The molecule has 0 aliphatic carbocycles. The molecule has 142 valence electrons. The van der Waals surface area contributed by atoms with Gasteiger partial charge in [0.05, 0.1) is 9.81 Å². The molecule has 0 unspecified atom stereocenters. The second-order valence-electron chi connectivity index (χ2n) is 6.41. The maximum absolute atomic E-state index is 13.1. The largest absolute Gasteiger partial charge is 0.454 e. The van der Waals surface area contributed by atoms with Crippen molar-refractivity contribution in [1.29, 1.82) is 0 Å². The smallest absolute Gasteiger partial charge is 0.231 e. The zero-order chi connectivity index (χ0) is 19.5. The number of fused-ring (bicyclic) bond motifs is 1. The highest BCUT2D eigenvalue weighted by Crippen LogP contribution is 2.44. The van der Waals surface area contributed by atoms with E-state index >= 15 is 0 Å². The van der Waals surface area contributed by atoms with Crippen LogP contribution in [0.15, 0.2) is 64.4 Å².